The summed E-state index contributed by atoms with van der Waals surface area (Å²) in [5, 5.41) is 3.00. The molecule has 0 aliphatic heterocycles. The molecule has 1 heterocycles. The lowest BCUT2D eigenvalue weighted by molar-refractivity contribution is -0.115. The molecular weight excluding hydrogens is 308 g/mol. The molecule has 3 aromatic rings. The zero-order valence-corrected chi connectivity index (χ0v) is 14.8. The number of carbonyl (C=O) groups is 1. The van der Waals surface area contributed by atoms with Crippen molar-refractivity contribution >= 4 is 11.6 Å². The topological polar surface area (TPSA) is 42.0 Å². The van der Waals surface area contributed by atoms with E-state index in [0.717, 1.165) is 33.8 Å². The summed E-state index contributed by atoms with van der Waals surface area (Å²) in [5.74, 6) is -0.0238. The Balaban J connectivity index is 1.70. The minimum atomic E-state index is -0.0238. The first-order chi connectivity index (χ1) is 12.0. The summed E-state index contributed by atoms with van der Waals surface area (Å²) in [4.78, 5) is 16.8. The van der Waals surface area contributed by atoms with E-state index in [1.54, 1.807) is 0 Å². The summed E-state index contributed by atoms with van der Waals surface area (Å²) >= 11 is 0. The fourth-order valence-corrected chi connectivity index (χ4v) is 3.03. The second-order valence-corrected chi connectivity index (χ2v) is 6.33. The normalized spacial score (nSPS) is 10.5. The van der Waals surface area contributed by atoms with E-state index in [1.165, 1.54) is 5.56 Å². The second-order valence-electron chi connectivity index (χ2n) is 6.33. The molecule has 25 heavy (non-hydrogen) atoms. The zero-order chi connectivity index (χ0) is 17.8. The van der Waals surface area contributed by atoms with Crippen LogP contribution in [0.2, 0.25) is 0 Å². The van der Waals surface area contributed by atoms with Crippen LogP contribution in [0.4, 0.5) is 5.69 Å². The molecule has 0 saturated heterocycles. The minimum Gasteiger partial charge on any atom is -0.324 e. The summed E-state index contributed by atoms with van der Waals surface area (Å²) in [5.41, 5.74) is 6.99. The van der Waals surface area contributed by atoms with Gasteiger partial charge < -0.3 is 5.32 Å². The Morgan fingerprint density at radius 1 is 0.920 bits per heavy atom. The van der Waals surface area contributed by atoms with Gasteiger partial charge in [0.2, 0.25) is 5.91 Å². The van der Waals surface area contributed by atoms with Gasteiger partial charge in [-0.05, 0) is 49.1 Å². The van der Waals surface area contributed by atoms with Crippen LogP contribution in [-0.2, 0) is 11.2 Å². The Morgan fingerprint density at radius 3 is 2.20 bits per heavy atom. The van der Waals surface area contributed by atoms with E-state index < -0.39 is 0 Å². The van der Waals surface area contributed by atoms with E-state index in [0.29, 0.717) is 6.42 Å². The van der Waals surface area contributed by atoms with Crippen molar-refractivity contribution in [3.8, 4) is 11.1 Å². The molecule has 3 rings (SSSR count). The molecule has 3 nitrogen and oxygen atoms in total. The van der Waals surface area contributed by atoms with Gasteiger partial charge in [-0.2, -0.15) is 0 Å². The molecule has 0 radical (unpaired) electrons. The molecule has 0 saturated carbocycles. The molecule has 126 valence electrons. The van der Waals surface area contributed by atoms with Gasteiger partial charge in [-0.15, -0.1) is 0 Å². The molecule has 2 aromatic carbocycles. The van der Waals surface area contributed by atoms with Crippen LogP contribution in [0.5, 0.6) is 0 Å². The van der Waals surface area contributed by atoms with Gasteiger partial charge in [0, 0.05) is 5.69 Å². The number of benzene rings is 2. The Bertz CT molecular complexity index is 861. The van der Waals surface area contributed by atoms with Crippen LogP contribution in [0, 0.1) is 20.8 Å². The number of nitrogens with zero attached hydrogens (tertiary/aromatic N) is 1. The van der Waals surface area contributed by atoms with E-state index in [2.05, 4.69) is 34.6 Å². The van der Waals surface area contributed by atoms with Crippen molar-refractivity contribution in [2.45, 2.75) is 27.2 Å². The molecule has 0 aliphatic rings. The lowest BCUT2D eigenvalue weighted by Gasteiger charge is -2.12. The van der Waals surface area contributed by atoms with E-state index in [1.807, 2.05) is 57.2 Å². The lowest BCUT2D eigenvalue weighted by atomic mass is 10.0. The highest BCUT2D eigenvalue weighted by Gasteiger charge is 2.10. The van der Waals surface area contributed by atoms with E-state index in [-0.39, 0.29) is 5.91 Å². The summed E-state index contributed by atoms with van der Waals surface area (Å²) in [6, 6.07) is 20.3. The van der Waals surface area contributed by atoms with Gasteiger partial charge >= 0.3 is 0 Å². The smallest absolute Gasteiger partial charge is 0.228 e. The number of aromatic nitrogens is 1. The number of carbonyl (C=O) groups excluding carboxylic acids is 1. The summed E-state index contributed by atoms with van der Waals surface area (Å²) in [7, 11) is 0. The van der Waals surface area contributed by atoms with Crippen LogP contribution in [0.1, 0.15) is 22.5 Å². The van der Waals surface area contributed by atoms with Gasteiger partial charge in [0.25, 0.3) is 0 Å². The number of amides is 1. The molecule has 1 N–H and O–H groups in total. The SMILES string of the molecule is Cc1cc(C)c(NC(=O)Cc2ccc(-c3ccccc3)cc2)c(C)n1. The van der Waals surface area contributed by atoms with Crippen molar-refractivity contribution < 1.29 is 4.79 Å². The molecule has 0 aliphatic carbocycles. The zero-order valence-electron chi connectivity index (χ0n) is 14.8. The largest absolute Gasteiger partial charge is 0.324 e. The van der Waals surface area contributed by atoms with Gasteiger partial charge in [0.05, 0.1) is 17.8 Å². The molecule has 0 fully saturated rings. The quantitative estimate of drug-likeness (QED) is 0.742. The number of hydrogen-bond acceptors (Lipinski definition) is 2. The number of rotatable bonds is 4. The Labute approximate surface area is 148 Å². The minimum absolute atomic E-state index is 0.0238. The molecule has 0 spiro atoms. The fraction of sp³-hybridized carbons (Fsp3) is 0.182. The second kappa shape index (κ2) is 7.31. The molecule has 0 atom stereocenters. The average Bonchev–Trinajstić information content (AvgIpc) is 2.59. The third kappa shape index (κ3) is 4.13. The van der Waals surface area contributed by atoms with Crippen molar-refractivity contribution in [1.29, 1.82) is 0 Å². The third-order valence-corrected chi connectivity index (χ3v) is 4.22. The predicted octanol–water partition coefficient (Wildman–Crippen LogP) is 4.86. The van der Waals surface area contributed by atoms with E-state index in [9.17, 15) is 4.79 Å². The van der Waals surface area contributed by atoms with Crippen LogP contribution < -0.4 is 5.32 Å². The standard InChI is InChI=1S/C22H22N2O/c1-15-13-16(2)23-17(3)22(15)24-21(25)14-18-9-11-20(12-10-18)19-7-5-4-6-8-19/h4-13H,14H2,1-3H3,(H,24,25). The van der Waals surface area contributed by atoms with Gasteiger partial charge in [-0.3, -0.25) is 9.78 Å². The predicted molar refractivity (Wildman–Crippen MR) is 103 cm³/mol. The lowest BCUT2D eigenvalue weighted by Crippen LogP contribution is -2.16. The Morgan fingerprint density at radius 2 is 1.56 bits per heavy atom. The average molecular weight is 330 g/mol. The molecule has 0 bridgehead atoms. The maximum atomic E-state index is 12.4. The monoisotopic (exact) mass is 330 g/mol. The van der Waals surface area contributed by atoms with Crippen molar-refractivity contribution in [3.63, 3.8) is 0 Å². The number of anilines is 1. The highest BCUT2D eigenvalue weighted by atomic mass is 16.1. The molecular formula is C22H22N2O. The van der Waals surface area contributed by atoms with Crippen LogP contribution in [0.25, 0.3) is 11.1 Å². The fourth-order valence-electron chi connectivity index (χ4n) is 3.03. The first-order valence-corrected chi connectivity index (χ1v) is 8.42. The maximum absolute atomic E-state index is 12.4. The van der Waals surface area contributed by atoms with Gasteiger partial charge in [-0.25, -0.2) is 0 Å². The van der Waals surface area contributed by atoms with Crippen molar-refractivity contribution in [3.05, 3.63) is 83.2 Å². The van der Waals surface area contributed by atoms with Crippen LogP contribution in [0.15, 0.2) is 60.7 Å². The first-order valence-electron chi connectivity index (χ1n) is 8.42. The van der Waals surface area contributed by atoms with Crippen molar-refractivity contribution in [2.24, 2.45) is 0 Å². The van der Waals surface area contributed by atoms with Gasteiger partial charge in [0.15, 0.2) is 0 Å². The Hall–Kier alpha value is -2.94. The maximum Gasteiger partial charge on any atom is 0.228 e. The number of aryl methyl sites for hydroxylation is 3. The van der Waals surface area contributed by atoms with E-state index in [4.69, 9.17) is 0 Å². The van der Waals surface area contributed by atoms with E-state index >= 15 is 0 Å². The molecule has 3 heteroatoms. The highest BCUT2D eigenvalue weighted by molar-refractivity contribution is 5.93. The summed E-state index contributed by atoms with van der Waals surface area (Å²) in [6.07, 6.45) is 0.349. The van der Waals surface area contributed by atoms with Crippen LogP contribution >= 0.6 is 0 Å². The van der Waals surface area contributed by atoms with Gasteiger partial charge in [0.1, 0.15) is 0 Å². The van der Waals surface area contributed by atoms with Crippen molar-refractivity contribution in [1.82, 2.24) is 4.98 Å². The molecule has 1 amide bonds. The highest BCUT2D eigenvalue weighted by Crippen LogP contribution is 2.21. The number of nitrogens with one attached hydrogen (secondary N) is 1. The number of hydrogen-bond donors (Lipinski definition) is 1. The molecule has 1 aromatic heterocycles. The Kier molecular flexibility index (Phi) is 4.94. The summed E-state index contributed by atoms with van der Waals surface area (Å²) in [6.45, 7) is 5.87. The molecule has 0 unspecified atom stereocenters. The number of pyridine rings is 1. The van der Waals surface area contributed by atoms with Crippen molar-refractivity contribution in [2.75, 3.05) is 5.32 Å². The third-order valence-electron chi connectivity index (χ3n) is 4.22. The van der Waals surface area contributed by atoms with Crippen LogP contribution in [-0.4, -0.2) is 10.9 Å². The first kappa shape index (κ1) is 16.9. The van der Waals surface area contributed by atoms with Crippen LogP contribution in [0.3, 0.4) is 0 Å². The summed E-state index contributed by atoms with van der Waals surface area (Å²) < 4.78 is 0. The van der Waals surface area contributed by atoms with Gasteiger partial charge in [-0.1, -0.05) is 54.6 Å².